The molecule has 0 bridgehead atoms. The van der Waals surface area contributed by atoms with E-state index in [0.717, 1.165) is 29.2 Å². The Morgan fingerprint density at radius 3 is 2.30 bits per heavy atom. The first kappa shape index (κ1) is 14.6. The molecule has 0 radical (unpaired) electrons. The third-order valence-corrected chi connectivity index (χ3v) is 3.24. The molecule has 0 aliphatic carbocycles. The van der Waals surface area contributed by atoms with Crippen molar-refractivity contribution < 1.29 is 8.78 Å². The van der Waals surface area contributed by atoms with E-state index >= 15 is 0 Å². The zero-order valence-corrected chi connectivity index (χ0v) is 12.2. The van der Waals surface area contributed by atoms with E-state index in [0.29, 0.717) is 11.7 Å². The fraction of sp³-hybridized carbons (Fsp3) is 0.308. The molecule has 0 spiro atoms. The maximum Gasteiger partial charge on any atom is 0.194 e. The number of nitrogens with one attached hydrogen (secondary N) is 1. The Balaban J connectivity index is 2.34. The maximum atomic E-state index is 13.8. The molecular weight excluding hydrogens is 282 g/mol. The van der Waals surface area contributed by atoms with Gasteiger partial charge >= 0.3 is 0 Å². The monoisotopic (exact) mass is 296 g/mol. The molecular formula is C13H14F2N4S. The first-order chi connectivity index (χ1) is 9.49. The zero-order chi connectivity index (χ0) is 14.7. The number of anilines is 1. The van der Waals surface area contributed by atoms with Crippen LogP contribution in [-0.4, -0.2) is 21.5 Å². The van der Waals surface area contributed by atoms with Crippen molar-refractivity contribution >= 4 is 17.6 Å². The molecule has 0 atom stereocenters. The molecule has 0 fully saturated rings. The minimum Gasteiger partial charge on any atom is -0.368 e. The molecule has 0 saturated heterocycles. The van der Waals surface area contributed by atoms with Gasteiger partial charge in [0.15, 0.2) is 22.6 Å². The Morgan fingerprint density at radius 1 is 1.05 bits per heavy atom. The van der Waals surface area contributed by atoms with Crippen LogP contribution in [0, 0.1) is 25.5 Å². The molecule has 0 aliphatic rings. The van der Waals surface area contributed by atoms with E-state index in [9.17, 15) is 8.78 Å². The van der Waals surface area contributed by atoms with Crippen LogP contribution < -0.4 is 5.32 Å². The highest BCUT2D eigenvalue weighted by Gasteiger charge is 2.14. The highest BCUT2D eigenvalue weighted by molar-refractivity contribution is 7.99. The minimum absolute atomic E-state index is 0.0285. The number of aromatic nitrogens is 3. The second-order valence-corrected chi connectivity index (χ2v) is 5.13. The van der Waals surface area contributed by atoms with E-state index in [1.165, 1.54) is 0 Å². The molecule has 2 rings (SSSR count). The topological polar surface area (TPSA) is 50.7 Å². The summed E-state index contributed by atoms with van der Waals surface area (Å²) in [6.45, 7) is 5.97. The van der Waals surface area contributed by atoms with E-state index in [1.807, 2.05) is 26.8 Å². The van der Waals surface area contributed by atoms with Crippen LogP contribution in [-0.2, 0) is 0 Å². The lowest BCUT2D eigenvalue weighted by Gasteiger charge is -2.08. The summed E-state index contributed by atoms with van der Waals surface area (Å²) in [5.74, 6) is -1.41. The highest BCUT2D eigenvalue weighted by atomic mass is 32.2. The summed E-state index contributed by atoms with van der Waals surface area (Å²) in [6.07, 6.45) is 0. The van der Waals surface area contributed by atoms with Crippen molar-refractivity contribution in [2.24, 2.45) is 0 Å². The molecule has 0 aromatic carbocycles. The van der Waals surface area contributed by atoms with Crippen LogP contribution >= 0.6 is 11.8 Å². The molecule has 2 heterocycles. The smallest absolute Gasteiger partial charge is 0.194 e. The van der Waals surface area contributed by atoms with E-state index in [1.54, 1.807) is 0 Å². The van der Waals surface area contributed by atoms with Crippen LogP contribution in [0.25, 0.3) is 0 Å². The second-order valence-electron chi connectivity index (χ2n) is 4.17. The maximum absolute atomic E-state index is 13.8. The van der Waals surface area contributed by atoms with E-state index in [4.69, 9.17) is 0 Å². The van der Waals surface area contributed by atoms with Gasteiger partial charge in [0.25, 0.3) is 0 Å². The Kier molecular flexibility index (Phi) is 4.49. The normalized spacial score (nSPS) is 10.7. The predicted molar refractivity (Wildman–Crippen MR) is 73.9 cm³/mol. The molecule has 7 heteroatoms. The van der Waals surface area contributed by atoms with Gasteiger partial charge in [-0.1, -0.05) is 0 Å². The number of hydrogen-bond donors (Lipinski definition) is 1. The number of hydrogen-bond acceptors (Lipinski definition) is 5. The minimum atomic E-state index is -0.725. The standard InChI is InChI=1S/C13H14F2N4S/c1-4-16-11-9(14)6-10(15)12(19-11)20-13-17-7(2)5-8(3)18-13/h5-6H,4H2,1-3H3,(H,16,19). The van der Waals surface area contributed by atoms with Gasteiger partial charge < -0.3 is 5.32 Å². The summed E-state index contributed by atoms with van der Waals surface area (Å²) in [5.41, 5.74) is 1.57. The van der Waals surface area contributed by atoms with Gasteiger partial charge in [-0.3, -0.25) is 0 Å². The summed E-state index contributed by atoms with van der Waals surface area (Å²) in [4.78, 5) is 12.3. The Morgan fingerprint density at radius 2 is 1.70 bits per heavy atom. The molecule has 0 unspecified atom stereocenters. The Labute approximate surface area is 120 Å². The number of pyridine rings is 1. The van der Waals surface area contributed by atoms with Crippen molar-refractivity contribution in [3.8, 4) is 0 Å². The number of rotatable bonds is 4. The van der Waals surface area contributed by atoms with Crippen LogP contribution in [0.3, 0.4) is 0 Å². The van der Waals surface area contributed by atoms with Crippen molar-refractivity contribution in [1.29, 1.82) is 0 Å². The van der Waals surface area contributed by atoms with Gasteiger partial charge in [-0.15, -0.1) is 0 Å². The van der Waals surface area contributed by atoms with Crippen LogP contribution in [0.4, 0.5) is 14.6 Å². The van der Waals surface area contributed by atoms with Crippen LogP contribution in [0.2, 0.25) is 0 Å². The third kappa shape index (κ3) is 3.41. The lowest BCUT2D eigenvalue weighted by atomic mass is 10.4. The first-order valence-corrected chi connectivity index (χ1v) is 6.91. The fourth-order valence-electron chi connectivity index (χ4n) is 1.64. The third-order valence-electron chi connectivity index (χ3n) is 2.39. The number of aryl methyl sites for hydroxylation is 2. The van der Waals surface area contributed by atoms with Crippen molar-refractivity contribution in [3.63, 3.8) is 0 Å². The van der Waals surface area contributed by atoms with Gasteiger partial charge in [-0.05, 0) is 38.6 Å². The molecule has 20 heavy (non-hydrogen) atoms. The first-order valence-electron chi connectivity index (χ1n) is 6.09. The van der Waals surface area contributed by atoms with Crippen molar-refractivity contribution in [1.82, 2.24) is 15.0 Å². The Bertz CT molecular complexity index is 614. The summed E-state index contributed by atoms with van der Waals surface area (Å²) in [7, 11) is 0. The van der Waals surface area contributed by atoms with Gasteiger partial charge in [0.05, 0.1) is 0 Å². The lowest BCUT2D eigenvalue weighted by Crippen LogP contribution is -2.04. The van der Waals surface area contributed by atoms with E-state index < -0.39 is 11.6 Å². The molecule has 0 saturated carbocycles. The van der Waals surface area contributed by atoms with E-state index in [2.05, 4.69) is 20.3 Å². The molecule has 1 N–H and O–H groups in total. The molecule has 0 amide bonds. The molecule has 2 aromatic rings. The second kappa shape index (κ2) is 6.13. The van der Waals surface area contributed by atoms with Gasteiger partial charge in [-0.25, -0.2) is 23.7 Å². The van der Waals surface area contributed by atoms with Gasteiger partial charge in [0.1, 0.15) is 5.03 Å². The molecule has 106 valence electrons. The largest absolute Gasteiger partial charge is 0.368 e. The van der Waals surface area contributed by atoms with Crippen LogP contribution in [0.15, 0.2) is 22.3 Å². The Hall–Kier alpha value is -1.76. The summed E-state index contributed by atoms with van der Waals surface area (Å²) in [6, 6.07) is 2.64. The molecule has 4 nitrogen and oxygen atoms in total. The molecule has 2 aromatic heterocycles. The lowest BCUT2D eigenvalue weighted by molar-refractivity contribution is 0.551. The van der Waals surface area contributed by atoms with Gasteiger partial charge in [-0.2, -0.15) is 0 Å². The summed E-state index contributed by atoms with van der Waals surface area (Å²) >= 11 is 0.976. The number of halogens is 2. The zero-order valence-electron chi connectivity index (χ0n) is 11.4. The highest BCUT2D eigenvalue weighted by Crippen LogP contribution is 2.28. The van der Waals surface area contributed by atoms with Crippen molar-refractivity contribution in [2.75, 3.05) is 11.9 Å². The predicted octanol–water partition coefficient (Wildman–Crippen LogP) is 3.35. The average molecular weight is 296 g/mol. The summed E-state index contributed by atoms with van der Waals surface area (Å²) in [5, 5.41) is 3.19. The van der Waals surface area contributed by atoms with Crippen molar-refractivity contribution in [3.05, 3.63) is 35.2 Å². The van der Waals surface area contributed by atoms with Gasteiger partial charge in [0.2, 0.25) is 0 Å². The fourth-order valence-corrected chi connectivity index (χ4v) is 2.48. The molecule has 0 aliphatic heterocycles. The van der Waals surface area contributed by atoms with Crippen LogP contribution in [0.5, 0.6) is 0 Å². The van der Waals surface area contributed by atoms with E-state index in [-0.39, 0.29) is 10.8 Å². The summed E-state index contributed by atoms with van der Waals surface area (Å²) < 4.78 is 27.2. The average Bonchev–Trinajstić information content (AvgIpc) is 2.34. The van der Waals surface area contributed by atoms with Crippen molar-refractivity contribution in [2.45, 2.75) is 31.0 Å². The SMILES string of the molecule is CCNc1nc(Sc2nc(C)cc(C)n2)c(F)cc1F. The van der Waals surface area contributed by atoms with Crippen LogP contribution in [0.1, 0.15) is 18.3 Å². The quantitative estimate of drug-likeness (QED) is 0.877. The number of nitrogens with zero attached hydrogens (tertiary/aromatic N) is 3. The van der Waals surface area contributed by atoms with Gasteiger partial charge in [0, 0.05) is 24.0 Å².